The van der Waals surface area contributed by atoms with Crippen LogP contribution in [0.5, 0.6) is 5.75 Å². The second-order valence-electron chi connectivity index (χ2n) is 9.48. The number of esters is 1. The van der Waals surface area contributed by atoms with E-state index in [0.717, 1.165) is 0 Å². The van der Waals surface area contributed by atoms with E-state index in [9.17, 15) is 19.2 Å². The van der Waals surface area contributed by atoms with E-state index in [4.69, 9.17) is 16.3 Å². The van der Waals surface area contributed by atoms with Gasteiger partial charge in [-0.25, -0.2) is 4.90 Å². The molecule has 1 saturated carbocycles. The summed E-state index contributed by atoms with van der Waals surface area (Å²) in [6.45, 7) is 2.00. The molecule has 3 amide bonds. The zero-order valence-electron chi connectivity index (χ0n) is 19.3. The molecule has 2 aromatic rings. The van der Waals surface area contributed by atoms with Gasteiger partial charge in [-0.2, -0.15) is 0 Å². The summed E-state index contributed by atoms with van der Waals surface area (Å²) < 4.78 is 5.59. The van der Waals surface area contributed by atoms with Crippen molar-refractivity contribution in [1.29, 1.82) is 0 Å². The van der Waals surface area contributed by atoms with E-state index in [-0.39, 0.29) is 52.2 Å². The number of carbonyl (C=O) groups excluding carboxylic acids is 4. The predicted molar refractivity (Wildman–Crippen MR) is 143 cm³/mol. The highest BCUT2D eigenvalue weighted by Gasteiger charge is 2.52. The Bertz CT molecular complexity index is 1230. The topological polar surface area (TPSA) is 84.0 Å². The van der Waals surface area contributed by atoms with Crippen LogP contribution in [0.25, 0.3) is 0 Å². The van der Waals surface area contributed by atoms with Gasteiger partial charge in [0.2, 0.25) is 17.7 Å². The molecule has 3 aliphatic rings. The molecule has 188 valence electrons. The summed E-state index contributed by atoms with van der Waals surface area (Å²) in [5, 5.41) is 0.566. The standard InChI is InChI=1S/C26H23Br2ClN2O5/c1-13-8-17(36-26(35)14-9-23(32)30(12-14)16-4-2-15(29)3-5-16)6-7-22(13)31-24(33)18-10-20(27)21(28)11-19(18)25(31)34/h2-8,14,18-21H,9-12H2,1H3/t14-,18-,19-,20-,21+/m1/s1. The predicted octanol–water partition coefficient (Wildman–Crippen LogP) is 5.03. The number of rotatable bonds is 4. The van der Waals surface area contributed by atoms with Crippen molar-refractivity contribution in [3.63, 3.8) is 0 Å². The first-order valence-electron chi connectivity index (χ1n) is 11.7. The molecule has 2 heterocycles. The minimum Gasteiger partial charge on any atom is -0.426 e. The molecule has 0 N–H and O–H groups in total. The van der Waals surface area contributed by atoms with Gasteiger partial charge in [0, 0.05) is 33.3 Å². The van der Waals surface area contributed by atoms with Crippen LogP contribution < -0.4 is 14.5 Å². The molecule has 36 heavy (non-hydrogen) atoms. The molecular weight excluding hydrogens is 616 g/mol. The molecule has 0 aromatic heterocycles. The average molecular weight is 639 g/mol. The number of imide groups is 1. The summed E-state index contributed by atoms with van der Waals surface area (Å²) in [7, 11) is 0. The Hall–Kier alpha value is -2.23. The lowest BCUT2D eigenvalue weighted by Crippen LogP contribution is -2.34. The Morgan fingerprint density at radius 3 is 2.17 bits per heavy atom. The highest BCUT2D eigenvalue weighted by atomic mass is 79.9. The van der Waals surface area contributed by atoms with Crippen molar-refractivity contribution < 1.29 is 23.9 Å². The monoisotopic (exact) mass is 636 g/mol. The second-order valence-corrected chi connectivity index (χ2v) is 12.3. The summed E-state index contributed by atoms with van der Waals surface area (Å²) in [6.07, 6.45) is 1.26. The Labute approximate surface area is 230 Å². The number of benzene rings is 2. The summed E-state index contributed by atoms with van der Waals surface area (Å²) in [4.78, 5) is 54.7. The highest BCUT2D eigenvalue weighted by molar-refractivity contribution is 9.12. The van der Waals surface area contributed by atoms with Crippen molar-refractivity contribution >= 4 is 78.5 Å². The fourth-order valence-electron chi connectivity index (χ4n) is 5.21. The van der Waals surface area contributed by atoms with Crippen LogP contribution in [0.1, 0.15) is 24.8 Å². The van der Waals surface area contributed by atoms with Crippen LogP contribution in [0.4, 0.5) is 11.4 Å². The zero-order chi connectivity index (χ0) is 25.7. The van der Waals surface area contributed by atoms with Crippen molar-refractivity contribution in [2.24, 2.45) is 17.8 Å². The molecule has 0 spiro atoms. The lowest BCUT2D eigenvalue weighted by molar-refractivity contribution is -0.139. The molecule has 3 fully saturated rings. The van der Waals surface area contributed by atoms with Gasteiger partial charge in [-0.05, 0) is 67.8 Å². The molecular formula is C26H23Br2ClN2O5. The third-order valence-corrected chi connectivity index (χ3v) is 10.1. The Morgan fingerprint density at radius 2 is 1.58 bits per heavy atom. The Morgan fingerprint density at radius 1 is 0.972 bits per heavy atom. The van der Waals surface area contributed by atoms with Crippen molar-refractivity contribution in [2.75, 3.05) is 16.3 Å². The van der Waals surface area contributed by atoms with Gasteiger partial charge in [-0.1, -0.05) is 43.5 Å². The number of aryl methyl sites for hydroxylation is 1. The number of carbonyl (C=O) groups is 4. The molecule has 0 unspecified atom stereocenters. The molecule has 1 aliphatic carbocycles. The fraction of sp³-hybridized carbons (Fsp3) is 0.385. The number of nitrogens with zero attached hydrogens (tertiary/aromatic N) is 2. The first-order chi connectivity index (χ1) is 17.1. The number of halogens is 3. The minimum absolute atomic E-state index is 0.0568. The van der Waals surface area contributed by atoms with Crippen molar-refractivity contribution in [3.8, 4) is 5.75 Å². The molecule has 2 aliphatic heterocycles. The van der Waals surface area contributed by atoms with Crippen LogP contribution in [-0.4, -0.2) is 39.9 Å². The minimum atomic E-state index is -0.604. The molecule has 2 saturated heterocycles. The van der Waals surface area contributed by atoms with Gasteiger partial charge in [0.15, 0.2) is 0 Å². The van der Waals surface area contributed by atoms with Crippen LogP contribution in [0, 0.1) is 24.7 Å². The first-order valence-corrected chi connectivity index (χ1v) is 13.9. The Kier molecular flexibility index (Phi) is 7.00. The third-order valence-electron chi connectivity index (χ3n) is 7.14. The summed E-state index contributed by atoms with van der Waals surface area (Å²) >= 11 is 13.1. The number of hydrogen-bond donors (Lipinski definition) is 0. The molecule has 10 heteroatoms. The molecule has 5 rings (SSSR count). The summed E-state index contributed by atoms with van der Waals surface area (Å²) in [5.74, 6) is -2.01. The lowest BCUT2D eigenvalue weighted by Gasteiger charge is -2.29. The zero-order valence-corrected chi connectivity index (χ0v) is 23.3. The van der Waals surface area contributed by atoms with Crippen LogP contribution in [-0.2, 0) is 19.2 Å². The smallest absolute Gasteiger partial charge is 0.316 e. The van der Waals surface area contributed by atoms with E-state index in [0.29, 0.717) is 40.6 Å². The van der Waals surface area contributed by atoms with Gasteiger partial charge in [0.25, 0.3) is 0 Å². The van der Waals surface area contributed by atoms with E-state index < -0.39 is 11.9 Å². The number of ether oxygens (including phenoxy) is 1. The van der Waals surface area contributed by atoms with Crippen LogP contribution in [0.3, 0.4) is 0 Å². The van der Waals surface area contributed by atoms with E-state index in [2.05, 4.69) is 31.9 Å². The SMILES string of the molecule is Cc1cc(OC(=O)[C@@H]2CC(=O)N(c3ccc(Cl)cc3)C2)ccc1N1C(=O)[C@@H]2C[C@@H](Br)[C@@H](Br)C[C@H]2C1=O. The van der Waals surface area contributed by atoms with E-state index in [1.807, 2.05) is 0 Å². The Balaban J connectivity index is 1.28. The van der Waals surface area contributed by atoms with Crippen molar-refractivity contribution in [3.05, 3.63) is 53.1 Å². The molecule has 7 nitrogen and oxygen atoms in total. The van der Waals surface area contributed by atoms with Crippen LogP contribution in [0.15, 0.2) is 42.5 Å². The van der Waals surface area contributed by atoms with E-state index in [1.165, 1.54) is 4.90 Å². The van der Waals surface area contributed by atoms with Crippen molar-refractivity contribution in [2.45, 2.75) is 35.8 Å². The quantitative estimate of drug-likeness (QED) is 0.203. The first kappa shape index (κ1) is 25.4. The number of amides is 3. The maximum atomic E-state index is 13.1. The van der Waals surface area contributed by atoms with Gasteiger partial charge in [-0.15, -0.1) is 0 Å². The second kappa shape index (κ2) is 9.91. The normalized spacial score (nSPS) is 28.0. The van der Waals surface area contributed by atoms with Gasteiger partial charge in [0.05, 0.1) is 23.4 Å². The van der Waals surface area contributed by atoms with Gasteiger partial charge in [0.1, 0.15) is 5.75 Å². The molecule has 0 bridgehead atoms. The summed E-state index contributed by atoms with van der Waals surface area (Å²) in [6, 6.07) is 11.7. The van der Waals surface area contributed by atoms with Gasteiger partial charge < -0.3 is 9.64 Å². The highest BCUT2D eigenvalue weighted by Crippen LogP contribution is 2.45. The van der Waals surface area contributed by atoms with Crippen LogP contribution >= 0.6 is 43.5 Å². The number of anilines is 2. The third kappa shape index (κ3) is 4.61. The van der Waals surface area contributed by atoms with Gasteiger partial charge >= 0.3 is 5.97 Å². The maximum absolute atomic E-state index is 13.1. The number of hydrogen-bond acceptors (Lipinski definition) is 5. The average Bonchev–Trinajstić information content (AvgIpc) is 3.33. The summed E-state index contributed by atoms with van der Waals surface area (Å²) in [5.41, 5.74) is 1.83. The largest absolute Gasteiger partial charge is 0.426 e. The molecule has 0 radical (unpaired) electrons. The molecule has 5 atom stereocenters. The number of fused-ring (bicyclic) bond motifs is 1. The maximum Gasteiger partial charge on any atom is 0.316 e. The van der Waals surface area contributed by atoms with E-state index >= 15 is 0 Å². The van der Waals surface area contributed by atoms with E-state index in [1.54, 1.807) is 54.3 Å². The fourth-order valence-corrected chi connectivity index (χ4v) is 6.57. The van der Waals surface area contributed by atoms with Gasteiger partial charge in [-0.3, -0.25) is 19.2 Å². The lowest BCUT2D eigenvalue weighted by atomic mass is 9.81. The van der Waals surface area contributed by atoms with Crippen molar-refractivity contribution in [1.82, 2.24) is 0 Å². The van der Waals surface area contributed by atoms with Crippen LogP contribution in [0.2, 0.25) is 5.02 Å². The molecule has 2 aromatic carbocycles. The number of alkyl halides is 2.